The topological polar surface area (TPSA) is 104 Å². The smallest absolute Gasteiger partial charge is 0.422 e. The number of carbonyl (C=O) groups excluding carboxylic acids is 1. The molecule has 0 N–H and O–H groups in total. The van der Waals surface area contributed by atoms with Gasteiger partial charge in [0.1, 0.15) is 11.3 Å². The SMILES string of the molecule is CCOC(=O)C1CCCN(CC(O[Si](C)(C)C(C)(C)C)c2ccc(-c3noc(-c4onc(-c5ccccc5)c4C(F)(F)F)n3)cc2)C1. The lowest BCUT2D eigenvalue weighted by Crippen LogP contribution is -2.46. The third-order valence-electron chi connectivity index (χ3n) is 8.98. The first-order valence-electron chi connectivity index (χ1n) is 15.8. The first-order valence-corrected chi connectivity index (χ1v) is 18.7. The Bertz CT molecular complexity index is 1650. The van der Waals surface area contributed by atoms with E-state index in [0.29, 0.717) is 25.3 Å². The van der Waals surface area contributed by atoms with E-state index in [1.165, 1.54) is 12.1 Å². The van der Waals surface area contributed by atoms with E-state index in [1.807, 2.05) is 19.1 Å². The molecule has 47 heavy (non-hydrogen) atoms. The molecule has 3 heterocycles. The van der Waals surface area contributed by atoms with Crippen LogP contribution >= 0.6 is 0 Å². The van der Waals surface area contributed by atoms with E-state index in [0.717, 1.165) is 24.9 Å². The predicted molar refractivity (Wildman–Crippen MR) is 172 cm³/mol. The molecular weight excluding hydrogens is 629 g/mol. The van der Waals surface area contributed by atoms with Crippen LogP contribution in [0, 0.1) is 5.92 Å². The molecule has 9 nitrogen and oxygen atoms in total. The van der Waals surface area contributed by atoms with Crippen molar-refractivity contribution in [2.75, 3.05) is 26.2 Å². The number of benzene rings is 2. The van der Waals surface area contributed by atoms with Gasteiger partial charge >= 0.3 is 12.1 Å². The Hall–Kier alpha value is -3.81. The second-order valence-electron chi connectivity index (χ2n) is 13.4. The van der Waals surface area contributed by atoms with Crippen molar-refractivity contribution < 1.29 is 36.2 Å². The van der Waals surface area contributed by atoms with E-state index in [4.69, 9.17) is 18.2 Å². The normalized spacial score (nSPS) is 17.1. The summed E-state index contributed by atoms with van der Waals surface area (Å²) >= 11 is 0. The maximum absolute atomic E-state index is 14.2. The summed E-state index contributed by atoms with van der Waals surface area (Å²) in [5.74, 6) is -1.29. The van der Waals surface area contributed by atoms with Gasteiger partial charge in [-0.15, -0.1) is 0 Å². The van der Waals surface area contributed by atoms with E-state index < -0.39 is 31.7 Å². The van der Waals surface area contributed by atoms with Crippen LogP contribution in [0.4, 0.5) is 13.2 Å². The number of nitrogens with zero attached hydrogens (tertiary/aromatic N) is 4. The lowest BCUT2D eigenvalue weighted by atomic mass is 9.97. The molecule has 1 aliphatic heterocycles. The number of hydrogen-bond acceptors (Lipinski definition) is 9. The lowest BCUT2D eigenvalue weighted by molar-refractivity contribution is -0.150. The Morgan fingerprint density at radius 3 is 2.36 bits per heavy atom. The van der Waals surface area contributed by atoms with E-state index in [1.54, 1.807) is 30.3 Å². The molecule has 2 unspecified atom stereocenters. The first-order chi connectivity index (χ1) is 22.2. The Kier molecular flexibility index (Phi) is 10.1. The molecule has 1 aliphatic rings. The molecule has 2 aromatic heterocycles. The molecule has 0 bridgehead atoms. The van der Waals surface area contributed by atoms with Crippen molar-refractivity contribution in [2.24, 2.45) is 5.92 Å². The molecule has 0 radical (unpaired) electrons. The van der Waals surface area contributed by atoms with Gasteiger partial charge in [0.2, 0.25) is 11.6 Å². The van der Waals surface area contributed by atoms with Crippen LogP contribution in [0.1, 0.15) is 57.8 Å². The van der Waals surface area contributed by atoms with Crippen LogP contribution in [0.2, 0.25) is 18.1 Å². The molecular formula is C34H41F3N4O5Si. The molecule has 1 fully saturated rings. The molecule has 4 aromatic rings. The minimum Gasteiger partial charge on any atom is -0.466 e. The van der Waals surface area contributed by atoms with Crippen LogP contribution in [0.15, 0.2) is 63.6 Å². The molecule has 2 atom stereocenters. The van der Waals surface area contributed by atoms with Crippen molar-refractivity contribution in [1.29, 1.82) is 0 Å². The van der Waals surface area contributed by atoms with Gasteiger partial charge in [-0.2, -0.15) is 18.2 Å². The van der Waals surface area contributed by atoms with Gasteiger partial charge in [-0.3, -0.25) is 9.69 Å². The van der Waals surface area contributed by atoms with Crippen LogP contribution in [0.5, 0.6) is 0 Å². The number of alkyl halides is 3. The van der Waals surface area contributed by atoms with E-state index in [9.17, 15) is 18.0 Å². The van der Waals surface area contributed by atoms with Crippen LogP contribution in [-0.2, 0) is 20.1 Å². The molecule has 0 saturated carbocycles. The highest BCUT2D eigenvalue weighted by molar-refractivity contribution is 6.74. The minimum absolute atomic E-state index is 0.0298. The quantitative estimate of drug-likeness (QED) is 0.121. The Morgan fingerprint density at radius 1 is 1.02 bits per heavy atom. The number of aromatic nitrogens is 3. The molecule has 5 rings (SSSR count). The zero-order chi connectivity index (χ0) is 34.0. The third-order valence-corrected chi connectivity index (χ3v) is 13.5. The number of carbonyl (C=O) groups is 1. The highest BCUT2D eigenvalue weighted by atomic mass is 28.4. The summed E-state index contributed by atoms with van der Waals surface area (Å²) in [5, 5.41) is 7.62. The summed E-state index contributed by atoms with van der Waals surface area (Å²) in [4.78, 5) is 19.0. The number of ether oxygens (including phenoxy) is 1. The number of hydrogen-bond donors (Lipinski definition) is 0. The average molecular weight is 671 g/mol. The van der Waals surface area contributed by atoms with E-state index in [-0.39, 0.29) is 40.1 Å². The first kappa shape index (κ1) is 34.5. The van der Waals surface area contributed by atoms with Gasteiger partial charge in [-0.25, -0.2) is 0 Å². The number of likely N-dealkylation sites (tertiary alicyclic amines) is 1. The van der Waals surface area contributed by atoms with Gasteiger partial charge in [0.05, 0.1) is 18.6 Å². The minimum atomic E-state index is -4.78. The molecule has 0 spiro atoms. The largest absolute Gasteiger partial charge is 0.466 e. The molecule has 1 saturated heterocycles. The zero-order valence-corrected chi connectivity index (χ0v) is 28.6. The second kappa shape index (κ2) is 13.7. The average Bonchev–Trinajstić information content (AvgIpc) is 3.69. The fourth-order valence-electron chi connectivity index (χ4n) is 5.42. The zero-order valence-electron chi connectivity index (χ0n) is 27.6. The summed E-state index contributed by atoms with van der Waals surface area (Å²) < 4.78 is 65.2. The van der Waals surface area contributed by atoms with Crippen LogP contribution in [0.3, 0.4) is 0 Å². The molecule has 2 aromatic carbocycles. The van der Waals surface area contributed by atoms with Gasteiger partial charge in [-0.1, -0.05) is 85.7 Å². The molecule has 13 heteroatoms. The summed E-state index contributed by atoms with van der Waals surface area (Å²) in [6.07, 6.45) is -3.35. The van der Waals surface area contributed by atoms with Crippen molar-refractivity contribution >= 4 is 14.3 Å². The van der Waals surface area contributed by atoms with Crippen LogP contribution in [0.25, 0.3) is 34.3 Å². The van der Waals surface area contributed by atoms with Crippen molar-refractivity contribution in [1.82, 2.24) is 20.2 Å². The Labute approximate surface area is 273 Å². The standard InChI is InChI=1S/C34H41F3N4O5Si/c1-7-43-32(42)25-14-11-19-41(20-25)21-26(46-47(5,6)33(2,3)4)22-15-17-24(18-16-22)30-38-31(45-40-30)29-27(34(35,36)37)28(39-44-29)23-12-9-8-10-13-23/h8-10,12-13,15-18,25-26H,7,11,14,19-21H2,1-6H3. The number of esters is 1. The van der Waals surface area contributed by atoms with Crippen molar-refractivity contribution in [3.05, 3.63) is 65.7 Å². The molecule has 0 amide bonds. The fraction of sp³-hybridized carbons (Fsp3) is 0.471. The number of halogens is 3. The fourth-order valence-corrected chi connectivity index (χ4v) is 6.70. The summed E-state index contributed by atoms with van der Waals surface area (Å²) in [6, 6.07) is 15.4. The monoisotopic (exact) mass is 670 g/mol. The van der Waals surface area contributed by atoms with Gasteiger partial charge < -0.3 is 18.2 Å². The third kappa shape index (κ3) is 7.85. The van der Waals surface area contributed by atoms with Crippen molar-refractivity contribution in [3.63, 3.8) is 0 Å². The van der Waals surface area contributed by atoms with Gasteiger partial charge in [0.25, 0.3) is 5.89 Å². The number of piperidine rings is 1. The molecule has 0 aliphatic carbocycles. The number of rotatable bonds is 10. The van der Waals surface area contributed by atoms with E-state index in [2.05, 4.69) is 54.1 Å². The van der Waals surface area contributed by atoms with Gasteiger partial charge in [0, 0.05) is 24.2 Å². The van der Waals surface area contributed by atoms with Gasteiger partial charge in [-0.05, 0) is 50.0 Å². The summed E-state index contributed by atoms with van der Waals surface area (Å²) in [6.45, 7) is 15.2. The van der Waals surface area contributed by atoms with Crippen LogP contribution < -0.4 is 0 Å². The Morgan fingerprint density at radius 2 is 1.72 bits per heavy atom. The van der Waals surface area contributed by atoms with Gasteiger partial charge in [0.15, 0.2) is 8.32 Å². The highest BCUT2D eigenvalue weighted by Gasteiger charge is 2.43. The van der Waals surface area contributed by atoms with Crippen molar-refractivity contribution in [3.8, 4) is 34.3 Å². The lowest BCUT2D eigenvalue weighted by Gasteiger charge is -2.41. The Balaban J connectivity index is 1.40. The highest BCUT2D eigenvalue weighted by Crippen LogP contribution is 2.43. The molecule has 252 valence electrons. The second-order valence-corrected chi connectivity index (χ2v) is 18.1. The van der Waals surface area contributed by atoms with Crippen molar-refractivity contribution in [2.45, 2.75) is 70.9 Å². The van der Waals surface area contributed by atoms with E-state index >= 15 is 0 Å². The maximum Gasteiger partial charge on any atom is 0.422 e. The van der Waals surface area contributed by atoms with Crippen LogP contribution in [-0.4, -0.2) is 60.7 Å². The predicted octanol–water partition coefficient (Wildman–Crippen LogP) is 8.42. The maximum atomic E-state index is 14.2. The summed E-state index contributed by atoms with van der Waals surface area (Å²) in [5.41, 5.74) is 0.296. The summed E-state index contributed by atoms with van der Waals surface area (Å²) in [7, 11) is -2.21.